The molecule has 2 rings (SSSR count). The fourth-order valence-corrected chi connectivity index (χ4v) is 1.94. The van der Waals surface area contributed by atoms with Crippen molar-refractivity contribution < 1.29 is 9.59 Å². The van der Waals surface area contributed by atoms with Crippen LogP contribution in [0.3, 0.4) is 0 Å². The predicted molar refractivity (Wildman–Crippen MR) is 73.6 cm³/mol. The predicted octanol–water partition coefficient (Wildman–Crippen LogP) is 0.644. The van der Waals surface area contributed by atoms with E-state index in [0.717, 1.165) is 5.69 Å². The van der Waals surface area contributed by atoms with Crippen LogP contribution < -0.4 is 5.32 Å². The quantitative estimate of drug-likeness (QED) is 0.655. The summed E-state index contributed by atoms with van der Waals surface area (Å²) in [5.41, 5.74) is 1.75. The van der Waals surface area contributed by atoms with Crippen LogP contribution in [0.15, 0.2) is 30.9 Å². The van der Waals surface area contributed by atoms with Crippen LogP contribution in [0.5, 0.6) is 0 Å². The molecule has 0 spiro atoms. The van der Waals surface area contributed by atoms with Crippen molar-refractivity contribution in [3.05, 3.63) is 42.0 Å². The highest BCUT2D eigenvalue weighted by Crippen LogP contribution is 2.17. The molecule has 0 aliphatic rings. The van der Waals surface area contributed by atoms with E-state index in [1.165, 1.54) is 13.4 Å². The second-order valence-electron chi connectivity index (χ2n) is 4.38. The molecule has 0 saturated heterocycles. The fraction of sp³-hybridized carbons (Fsp3) is 0.214. The van der Waals surface area contributed by atoms with Crippen LogP contribution in [0, 0.1) is 24.2 Å². The van der Waals surface area contributed by atoms with Crippen molar-refractivity contribution in [1.29, 1.82) is 5.26 Å². The number of nitrogens with one attached hydrogen (secondary N) is 1. The molecule has 0 unspecified atom stereocenters. The third-order valence-corrected chi connectivity index (χ3v) is 3.06. The summed E-state index contributed by atoms with van der Waals surface area (Å²) in [5, 5.41) is 15.3. The number of Topliss-reactive ketones (excluding diaryl/α,β-unsaturated/α-hetero) is 1. The average Bonchev–Trinajstić information content (AvgIpc) is 3.01. The van der Waals surface area contributed by atoms with E-state index in [-0.39, 0.29) is 0 Å². The smallest absolute Gasteiger partial charge is 0.245 e. The van der Waals surface area contributed by atoms with Gasteiger partial charge < -0.3 is 5.32 Å². The zero-order valence-electron chi connectivity index (χ0n) is 11.6. The number of ketones is 1. The number of hydrogen-bond acceptors (Lipinski definition) is 5. The Morgan fingerprint density at radius 2 is 2.19 bits per heavy atom. The van der Waals surface area contributed by atoms with E-state index in [1.807, 2.05) is 0 Å². The van der Waals surface area contributed by atoms with Gasteiger partial charge in [0.25, 0.3) is 0 Å². The van der Waals surface area contributed by atoms with E-state index < -0.39 is 17.6 Å². The first-order valence-corrected chi connectivity index (χ1v) is 6.19. The first kappa shape index (κ1) is 14.4. The maximum absolute atomic E-state index is 12.3. The minimum atomic E-state index is -1.34. The summed E-state index contributed by atoms with van der Waals surface area (Å²) in [7, 11) is 1.39. The minimum Gasteiger partial charge on any atom is -0.358 e. The lowest BCUT2D eigenvalue weighted by Gasteiger charge is -2.10. The second-order valence-corrected chi connectivity index (χ2v) is 4.38. The Morgan fingerprint density at radius 1 is 1.43 bits per heavy atom. The topological polar surface area (TPSA) is 101 Å². The summed E-state index contributed by atoms with van der Waals surface area (Å²) >= 11 is 0. The molecule has 1 aromatic carbocycles. The van der Waals surface area contributed by atoms with Gasteiger partial charge in [-0.25, -0.2) is 9.67 Å². The first-order valence-electron chi connectivity index (χ1n) is 6.19. The fourth-order valence-electron chi connectivity index (χ4n) is 1.94. The van der Waals surface area contributed by atoms with Crippen LogP contribution in [-0.4, -0.2) is 33.5 Å². The number of hydrogen-bond donors (Lipinski definition) is 1. The number of nitrogens with zero attached hydrogens (tertiary/aromatic N) is 4. The van der Waals surface area contributed by atoms with Gasteiger partial charge in [0.15, 0.2) is 11.7 Å². The van der Waals surface area contributed by atoms with Crippen molar-refractivity contribution in [2.24, 2.45) is 5.92 Å². The maximum Gasteiger partial charge on any atom is 0.245 e. The van der Waals surface area contributed by atoms with Gasteiger partial charge in [0.05, 0.1) is 11.8 Å². The van der Waals surface area contributed by atoms with Crippen LogP contribution in [0.2, 0.25) is 0 Å². The van der Waals surface area contributed by atoms with Crippen molar-refractivity contribution in [1.82, 2.24) is 20.1 Å². The molecular weight excluding hydrogens is 270 g/mol. The third-order valence-electron chi connectivity index (χ3n) is 3.06. The number of amides is 1. The van der Waals surface area contributed by atoms with Gasteiger partial charge >= 0.3 is 0 Å². The summed E-state index contributed by atoms with van der Waals surface area (Å²) in [6.07, 6.45) is 2.95. The summed E-state index contributed by atoms with van der Waals surface area (Å²) in [6, 6.07) is 6.75. The van der Waals surface area contributed by atoms with Crippen LogP contribution >= 0.6 is 0 Å². The summed E-state index contributed by atoms with van der Waals surface area (Å²) in [5.74, 6) is -2.47. The Balaban J connectivity index is 2.35. The molecular formula is C14H13N5O2. The molecule has 7 heteroatoms. The Hall–Kier alpha value is -3.01. The standard InChI is InChI=1S/C14H13N5O2/c1-9-5-10(19-8-17-7-18-19)3-4-11(9)13(20)12(6-15)14(21)16-2/h3-5,7-8,12H,1-2H3,(H,16,21)/t12-/m0/s1. The molecule has 21 heavy (non-hydrogen) atoms. The number of aromatic nitrogens is 3. The second kappa shape index (κ2) is 5.96. The summed E-state index contributed by atoms with van der Waals surface area (Å²) in [6.45, 7) is 1.74. The van der Waals surface area contributed by atoms with Crippen molar-refractivity contribution in [2.45, 2.75) is 6.92 Å². The molecule has 0 aliphatic carbocycles. The normalized spacial score (nSPS) is 11.5. The Labute approximate surface area is 121 Å². The zero-order valence-corrected chi connectivity index (χ0v) is 11.6. The molecule has 0 saturated carbocycles. The Kier molecular flexibility index (Phi) is 4.09. The van der Waals surface area contributed by atoms with E-state index in [9.17, 15) is 9.59 Å². The molecule has 1 aromatic heterocycles. The molecule has 0 bridgehead atoms. The Bertz CT molecular complexity index is 715. The van der Waals surface area contributed by atoms with Crippen LogP contribution in [0.4, 0.5) is 0 Å². The van der Waals surface area contributed by atoms with Crippen LogP contribution in [0.25, 0.3) is 5.69 Å². The molecule has 0 radical (unpaired) electrons. The van der Waals surface area contributed by atoms with Crippen molar-refractivity contribution >= 4 is 11.7 Å². The lowest BCUT2D eigenvalue weighted by atomic mass is 9.94. The molecule has 1 atom stereocenters. The first-order chi connectivity index (χ1) is 10.1. The number of rotatable bonds is 4. The van der Waals surface area contributed by atoms with E-state index in [2.05, 4.69) is 15.4 Å². The highest BCUT2D eigenvalue weighted by molar-refractivity contribution is 6.12. The summed E-state index contributed by atoms with van der Waals surface area (Å²) < 4.78 is 1.56. The van der Waals surface area contributed by atoms with Crippen LogP contribution in [-0.2, 0) is 4.79 Å². The molecule has 1 N–H and O–H groups in total. The van der Waals surface area contributed by atoms with Gasteiger partial charge in [-0.2, -0.15) is 10.4 Å². The highest BCUT2D eigenvalue weighted by atomic mass is 16.2. The lowest BCUT2D eigenvalue weighted by Crippen LogP contribution is -2.32. The van der Waals surface area contributed by atoms with Crippen molar-refractivity contribution in [3.63, 3.8) is 0 Å². The molecule has 2 aromatic rings. The van der Waals surface area contributed by atoms with Gasteiger partial charge in [0, 0.05) is 12.6 Å². The molecule has 1 heterocycles. The number of carbonyl (C=O) groups is 2. The largest absolute Gasteiger partial charge is 0.358 e. The molecule has 0 fully saturated rings. The molecule has 1 amide bonds. The van der Waals surface area contributed by atoms with E-state index in [1.54, 1.807) is 42.2 Å². The van der Waals surface area contributed by atoms with E-state index >= 15 is 0 Å². The van der Waals surface area contributed by atoms with Gasteiger partial charge in [0.2, 0.25) is 5.91 Å². The number of nitriles is 1. The SMILES string of the molecule is CNC(=O)[C@@H](C#N)C(=O)c1ccc(-n2cncn2)cc1C. The van der Waals surface area contributed by atoms with Gasteiger partial charge in [-0.1, -0.05) is 0 Å². The monoisotopic (exact) mass is 283 g/mol. The van der Waals surface area contributed by atoms with Crippen molar-refractivity contribution in [2.75, 3.05) is 7.05 Å². The van der Waals surface area contributed by atoms with Gasteiger partial charge in [-0.15, -0.1) is 0 Å². The average molecular weight is 283 g/mol. The summed E-state index contributed by atoms with van der Waals surface area (Å²) in [4.78, 5) is 27.7. The van der Waals surface area contributed by atoms with E-state index in [4.69, 9.17) is 5.26 Å². The Morgan fingerprint density at radius 3 is 2.71 bits per heavy atom. The lowest BCUT2D eigenvalue weighted by molar-refractivity contribution is -0.121. The third kappa shape index (κ3) is 2.79. The van der Waals surface area contributed by atoms with Gasteiger partial charge in [0.1, 0.15) is 12.7 Å². The maximum atomic E-state index is 12.3. The molecule has 106 valence electrons. The molecule has 7 nitrogen and oxygen atoms in total. The number of aryl methyl sites for hydroxylation is 1. The van der Waals surface area contributed by atoms with Gasteiger partial charge in [-0.05, 0) is 30.7 Å². The van der Waals surface area contributed by atoms with E-state index in [0.29, 0.717) is 11.1 Å². The van der Waals surface area contributed by atoms with Crippen LogP contribution in [0.1, 0.15) is 15.9 Å². The molecule has 0 aliphatic heterocycles. The minimum absolute atomic E-state index is 0.342. The van der Waals surface area contributed by atoms with Gasteiger partial charge in [-0.3, -0.25) is 9.59 Å². The zero-order chi connectivity index (χ0) is 15.4. The number of carbonyl (C=O) groups excluding carboxylic acids is 2. The highest BCUT2D eigenvalue weighted by Gasteiger charge is 2.27. The number of benzene rings is 1. The van der Waals surface area contributed by atoms with Crippen molar-refractivity contribution in [3.8, 4) is 11.8 Å².